The number of fused-ring (bicyclic) bond motifs is 1. The molecule has 1 amide bonds. The number of hydrogen-bond donors (Lipinski definition) is 0. The van der Waals surface area contributed by atoms with Crippen LogP contribution in [0.5, 0.6) is 0 Å². The Morgan fingerprint density at radius 3 is 2.49 bits per heavy atom. The van der Waals surface area contributed by atoms with E-state index >= 15 is 0 Å². The minimum absolute atomic E-state index is 0.0124. The number of piperazine rings is 1. The maximum Gasteiger partial charge on any atom is 0.246 e. The second kappa shape index (κ2) is 9.58. The van der Waals surface area contributed by atoms with E-state index in [0.717, 1.165) is 59.0 Å². The van der Waals surface area contributed by atoms with Crippen LogP contribution in [0.3, 0.4) is 0 Å². The van der Waals surface area contributed by atoms with Crippen LogP contribution in [0.1, 0.15) is 24.8 Å². The molecule has 1 saturated heterocycles. The highest BCUT2D eigenvalue weighted by Crippen LogP contribution is 2.34. The Morgan fingerprint density at radius 1 is 1.03 bits per heavy atom. The van der Waals surface area contributed by atoms with Gasteiger partial charge in [-0.05, 0) is 48.6 Å². The van der Waals surface area contributed by atoms with Crippen LogP contribution in [-0.4, -0.2) is 56.4 Å². The number of amides is 1. The van der Waals surface area contributed by atoms with Crippen molar-refractivity contribution in [2.75, 3.05) is 31.1 Å². The summed E-state index contributed by atoms with van der Waals surface area (Å²) in [6.45, 7) is 7.49. The normalized spacial score (nSPS) is 16.0. The maximum absolute atomic E-state index is 11.9. The first kappa shape index (κ1) is 23.0. The van der Waals surface area contributed by atoms with Gasteiger partial charge in [0.2, 0.25) is 5.91 Å². The summed E-state index contributed by atoms with van der Waals surface area (Å²) in [5.74, 6) is 0.723. The number of anilines is 1. The Balaban J connectivity index is 1.30. The lowest BCUT2D eigenvalue weighted by molar-refractivity contribution is -0.126. The van der Waals surface area contributed by atoms with Gasteiger partial charge in [-0.15, -0.1) is 0 Å². The van der Waals surface area contributed by atoms with Crippen molar-refractivity contribution in [1.82, 2.24) is 24.3 Å². The summed E-state index contributed by atoms with van der Waals surface area (Å²) < 4.78 is 3.85. The lowest BCUT2D eigenvalue weighted by atomic mass is 9.85. The summed E-state index contributed by atoms with van der Waals surface area (Å²) in [6.07, 6.45) is 12.9. The molecule has 1 saturated carbocycles. The molecular weight excluding hydrogens is 462 g/mol. The SMILES string of the molecule is C=CC(=O)N1CCN(c2ccc(-c3cc(-c4cnn(CC5CCC5)c4)cn4ncc(C#N)c34)cc2)CC1. The molecule has 0 atom stereocenters. The van der Waals surface area contributed by atoms with Crippen LogP contribution in [0.2, 0.25) is 0 Å². The summed E-state index contributed by atoms with van der Waals surface area (Å²) >= 11 is 0. The molecule has 2 aliphatic rings. The van der Waals surface area contributed by atoms with Crippen molar-refractivity contribution in [1.29, 1.82) is 5.26 Å². The Labute approximate surface area is 216 Å². The van der Waals surface area contributed by atoms with E-state index in [4.69, 9.17) is 0 Å². The van der Waals surface area contributed by atoms with Crippen molar-refractivity contribution in [2.45, 2.75) is 25.8 Å². The second-order valence-electron chi connectivity index (χ2n) is 9.92. The van der Waals surface area contributed by atoms with Gasteiger partial charge in [-0.25, -0.2) is 4.52 Å². The van der Waals surface area contributed by atoms with Crippen LogP contribution in [0, 0.1) is 17.2 Å². The number of pyridine rings is 1. The third kappa shape index (κ3) is 4.38. The standard InChI is InChI=1S/C29H29N7O/c1-2-28(37)34-12-10-33(11-13-34)26-8-6-22(7-9-26)27-14-23(20-36-29(27)24(15-30)16-32-36)25-17-31-35(19-25)18-21-4-3-5-21/h2,6-9,14,16-17,19-21H,1,3-5,10-13,18H2. The first-order chi connectivity index (χ1) is 18.1. The van der Waals surface area contributed by atoms with Gasteiger partial charge in [0.15, 0.2) is 0 Å². The summed E-state index contributed by atoms with van der Waals surface area (Å²) in [5.41, 5.74) is 6.52. The second-order valence-corrected chi connectivity index (χ2v) is 9.92. The number of carbonyl (C=O) groups excluding carboxylic acids is 1. The predicted molar refractivity (Wildman–Crippen MR) is 143 cm³/mol. The van der Waals surface area contributed by atoms with Crippen LogP contribution >= 0.6 is 0 Å². The highest BCUT2D eigenvalue weighted by molar-refractivity contribution is 5.88. The van der Waals surface area contributed by atoms with Crippen molar-refractivity contribution in [3.05, 3.63) is 73.3 Å². The van der Waals surface area contributed by atoms with Gasteiger partial charge < -0.3 is 9.80 Å². The van der Waals surface area contributed by atoms with Crippen molar-refractivity contribution < 1.29 is 4.79 Å². The highest BCUT2D eigenvalue weighted by atomic mass is 16.2. The predicted octanol–water partition coefficient (Wildman–Crippen LogP) is 4.37. The molecule has 3 aromatic heterocycles. The lowest BCUT2D eigenvalue weighted by Gasteiger charge is -2.35. The van der Waals surface area contributed by atoms with E-state index in [2.05, 4.69) is 64.3 Å². The minimum Gasteiger partial charge on any atom is -0.368 e. The first-order valence-electron chi connectivity index (χ1n) is 12.8. The number of carbonyl (C=O) groups is 1. The van der Waals surface area contributed by atoms with Gasteiger partial charge >= 0.3 is 0 Å². The first-order valence-corrected chi connectivity index (χ1v) is 12.8. The third-order valence-corrected chi connectivity index (χ3v) is 7.68. The molecule has 4 aromatic rings. The van der Waals surface area contributed by atoms with Gasteiger partial charge in [-0.1, -0.05) is 25.1 Å². The molecule has 1 aromatic carbocycles. The molecule has 0 bridgehead atoms. The molecule has 6 rings (SSSR count). The number of nitriles is 1. The highest BCUT2D eigenvalue weighted by Gasteiger charge is 2.21. The van der Waals surface area contributed by atoms with E-state index in [-0.39, 0.29) is 5.91 Å². The van der Waals surface area contributed by atoms with Crippen molar-refractivity contribution in [3.8, 4) is 28.3 Å². The molecule has 0 N–H and O–H groups in total. The van der Waals surface area contributed by atoms with Crippen molar-refractivity contribution in [3.63, 3.8) is 0 Å². The van der Waals surface area contributed by atoms with E-state index < -0.39 is 0 Å². The molecule has 37 heavy (non-hydrogen) atoms. The Kier molecular flexibility index (Phi) is 5.97. The van der Waals surface area contributed by atoms with Crippen LogP contribution < -0.4 is 4.90 Å². The number of nitrogens with zero attached hydrogens (tertiary/aromatic N) is 7. The van der Waals surface area contributed by atoms with Gasteiger partial charge in [0.05, 0.1) is 23.5 Å². The molecule has 0 unspecified atom stereocenters. The monoisotopic (exact) mass is 491 g/mol. The maximum atomic E-state index is 11.9. The summed E-state index contributed by atoms with van der Waals surface area (Å²) in [5, 5.41) is 18.8. The van der Waals surface area contributed by atoms with Crippen molar-refractivity contribution in [2.24, 2.45) is 5.92 Å². The summed E-state index contributed by atoms with van der Waals surface area (Å²) in [7, 11) is 0. The van der Waals surface area contributed by atoms with Gasteiger partial charge in [0.25, 0.3) is 0 Å². The summed E-state index contributed by atoms with van der Waals surface area (Å²) in [4.78, 5) is 16.0. The molecular formula is C29H29N7O. The number of rotatable bonds is 6. The quantitative estimate of drug-likeness (QED) is 0.374. The van der Waals surface area contributed by atoms with Crippen LogP contribution in [0.15, 0.2) is 67.8 Å². The molecule has 186 valence electrons. The molecule has 4 heterocycles. The van der Waals surface area contributed by atoms with Crippen LogP contribution in [0.25, 0.3) is 27.8 Å². The Morgan fingerprint density at radius 2 is 1.81 bits per heavy atom. The van der Waals surface area contributed by atoms with E-state index in [1.165, 1.54) is 25.3 Å². The van der Waals surface area contributed by atoms with Crippen LogP contribution in [-0.2, 0) is 11.3 Å². The van der Waals surface area contributed by atoms with Crippen molar-refractivity contribution >= 4 is 17.1 Å². The molecule has 1 aliphatic heterocycles. The van der Waals surface area contributed by atoms with E-state index in [9.17, 15) is 10.1 Å². The molecule has 8 nitrogen and oxygen atoms in total. The molecule has 0 spiro atoms. The number of benzene rings is 1. The molecule has 2 fully saturated rings. The zero-order valence-corrected chi connectivity index (χ0v) is 20.8. The lowest BCUT2D eigenvalue weighted by Crippen LogP contribution is -2.48. The smallest absolute Gasteiger partial charge is 0.246 e. The molecule has 1 aliphatic carbocycles. The van der Waals surface area contributed by atoms with E-state index in [0.29, 0.717) is 18.7 Å². The largest absolute Gasteiger partial charge is 0.368 e. The average Bonchev–Trinajstić information content (AvgIpc) is 3.57. The van der Waals surface area contributed by atoms with E-state index in [1.807, 2.05) is 22.0 Å². The topological polar surface area (TPSA) is 82.5 Å². The zero-order chi connectivity index (χ0) is 25.4. The summed E-state index contributed by atoms with van der Waals surface area (Å²) in [6, 6.07) is 12.9. The van der Waals surface area contributed by atoms with Gasteiger partial charge in [0, 0.05) is 67.5 Å². The van der Waals surface area contributed by atoms with Gasteiger partial charge in [-0.2, -0.15) is 15.5 Å². The van der Waals surface area contributed by atoms with E-state index in [1.54, 1.807) is 10.7 Å². The number of hydrogen-bond acceptors (Lipinski definition) is 5. The number of aromatic nitrogens is 4. The Bertz CT molecular complexity index is 1500. The van der Waals surface area contributed by atoms with Gasteiger partial charge in [-0.3, -0.25) is 9.48 Å². The fourth-order valence-electron chi connectivity index (χ4n) is 5.30. The van der Waals surface area contributed by atoms with Crippen LogP contribution in [0.4, 0.5) is 5.69 Å². The minimum atomic E-state index is -0.0124. The zero-order valence-electron chi connectivity index (χ0n) is 20.8. The average molecular weight is 492 g/mol. The fourth-order valence-corrected chi connectivity index (χ4v) is 5.30. The molecule has 0 radical (unpaired) electrons. The van der Waals surface area contributed by atoms with Gasteiger partial charge in [0.1, 0.15) is 6.07 Å². The third-order valence-electron chi connectivity index (χ3n) is 7.68. The fraction of sp³-hybridized carbons (Fsp3) is 0.310. The molecule has 8 heteroatoms. The Hall–Kier alpha value is -4.38.